The number of aryl methyl sites for hydroxylation is 1. The Morgan fingerprint density at radius 3 is 2.71 bits per heavy atom. The van der Waals surface area contributed by atoms with E-state index in [1.165, 1.54) is 0 Å². The lowest BCUT2D eigenvalue weighted by molar-refractivity contribution is -0.142. The van der Waals surface area contributed by atoms with Crippen molar-refractivity contribution in [2.75, 3.05) is 26.8 Å². The zero-order chi connectivity index (χ0) is 19.7. The molecule has 2 aliphatic rings. The van der Waals surface area contributed by atoms with Gasteiger partial charge in [0.05, 0.1) is 30.5 Å². The highest BCUT2D eigenvalue weighted by molar-refractivity contribution is 5.99. The smallest absolute Gasteiger partial charge is 0.323 e. The minimum absolute atomic E-state index is 0.0959. The van der Waals surface area contributed by atoms with E-state index in [1.54, 1.807) is 7.11 Å². The number of carbonyl (C=O) groups excluding carboxylic acids is 2. The number of piperidine rings is 1. The molecule has 0 bridgehead atoms. The largest absolute Gasteiger partial charge is 0.497 e. The minimum atomic E-state index is -0.114. The minimum Gasteiger partial charge on any atom is -0.497 e. The summed E-state index contributed by atoms with van der Waals surface area (Å²) >= 11 is 0. The van der Waals surface area contributed by atoms with Gasteiger partial charge in [-0.25, -0.2) is 0 Å². The van der Waals surface area contributed by atoms with E-state index in [9.17, 15) is 9.59 Å². The second-order valence-electron chi connectivity index (χ2n) is 7.44. The highest BCUT2D eigenvalue weighted by Gasteiger charge is 2.34. The van der Waals surface area contributed by atoms with Gasteiger partial charge >= 0.3 is 5.97 Å². The van der Waals surface area contributed by atoms with Crippen molar-refractivity contribution in [3.63, 3.8) is 0 Å². The molecule has 1 atom stereocenters. The number of carbonyl (C=O) groups is 2. The molecule has 7 heteroatoms. The predicted octanol–water partition coefficient (Wildman–Crippen LogP) is 2.06. The summed E-state index contributed by atoms with van der Waals surface area (Å²) in [5.74, 6) is 0.535. The fourth-order valence-corrected chi connectivity index (χ4v) is 4.04. The topological polar surface area (TPSA) is 80.8 Å². The van der Waals surface area contributed by atoms with Gasteiger partial charge in [-0.2, -0.15) is 0 Å². The van der Waals surface area contributed by atoms with Crippen LogP contribution in [0.15, 0.2) is 24.3 Å². The maximum absolute atomic E-state index is 12.8. The maximum Gasteiger partial charge on any atom is 0.323 e. The van der Waals surface area contributed by atoms with E-state index in [0.717, 1.165) is 49.0 Å². The molecule has 28 heavy (non-hydrogen) atoms. The zero-order valence-corrected chi connectivity index (χ0v) is 16.2. The molecular weight excluding hydrogens is 358 g/mol. The van der Waals surface area contributed by atoms with Gasteiger partial charge in [0.2, 0.25) is 0 Å². The predicted molar refractivity (Wildman–Crippen MR) is 104 cm³/mol. The lowest BCUT2D eigenvalue weighted by atomic mass is 10.0. The summed E-state index contributed by atoms with van der Waals surface area (Å²) in [7, 11) is 1.62. The molecule has 2 fully saturated rings. The number of cyclic esters (lactones) is 1. The van der Waals surface area contributed by atoms with Crippen LogP contribution >= 0.6 is 0 Å². The number of rotatable bonds is 4. The highest BCUT2D eigenvalue weighted by Crippen LogP contribution is 2.23. The Kier molecular flexibility index (Phi) is 5.17. The number of nitrogens with zero attached hydrogens (tertiary/aromatic N) is 2. The van der Waals surface area contributed by atoms with Gasteiger partial charge in [-0.1, -0.05) is 0 Å². The number of ether oxygens (including phenoxy) is 2. The number of methoxy groups -OCH3 is 1. The Hall–Kier alpha value is -2.67. The molecule has 1 N–H and O–H groups in total. The molecule has 1 aromatic carbocycles. The summed E-state index contributed by atoms with van der Waals surface area (Å²) in [6.45, 7) is 3.95. The Balaban J connectivity index is 1.41. The standard InChI is InChI=1S/C21H25N3O4/c1-13-17(11-14-3-4-16(27-2)12-18(14)22-13)20(25)23-15-5-8-24(9-6-15)19-7-10-28-21(19)26/h3-4,11-12,15,19H,5-10H2,1-2H3,(H,23,25)/t19-/m1/s1. The average Bonchev–Trinajstić information content (AvgIpc) is 3.13. The van der Waals surface area contributed by atoms with E-state index in [2.05, 4.69) is 15.2 Å². The van der Waals surface area contributed by atoms with Crippen LogP contribution in [-0.2, 0) is 9.53 Å². The number of benzene rings is 1. The third-order valence-electron chi connectivity index (χ3n) is 5.67. The summed E-state index contributed by atoms with van der Waals surface area (Å²) in [6.07, 6.45) is 2.42. The Morgan fingerprint density at radius 1 is 1.25 bits per heavy atom. The van der Waals surface area contributed by atoms with E-state index < -0.39 is 0 Å². The Labute approximate surface area is 164 Å². The summed E-state index contributed by atoms with van der Waals surface area (Å²) in [5, 5.41) is 4.05. The van der Waals surface area contributed by atoms with Gasteiger partial charge in [0.15, 0.2) is 0 Å². The van der Waals surface area contributed by atoms with E-state index in [4.69, 9.17) is 9.47 Å². The number of nitrogens with one attached hydrogen (secondary N) is 1. The molecule has 0 saturated carbocycles. The molecule has 148 valence electrons. The van der Waals surface area contributed by atoms with Crippen LogP contribution in [0, 0.1) is 6.92 Å². The van der Waals surface area contributed by atoms with Crippen molar-refractivity contribution in [2.45, 2.75) is 38.3 Å². The summed E-state index contributed by atoms with van der Waals surface area (Å²) in [4.78, 5) is 31.3. The number of hydrogen-bond acceptors (Lipinski definition) is 6. The van der Waals surface area contributed by atoms with Crippen LogP contribution in [0.5, 0.6) is 5.75 Å². The van der Waals surface area contributed by atoms with Crippen LogP contribution in [-0.4, -0.2) is 60.7 Å². The second kappa shape index (κ2) is 7.75. The van der Waals surface area contributed by atoms with E-state index in [0.29, 0.717) is 17.9 Å². The summed E-state index contributed by atoms with van der Waals surface area (Å²) in [6, 6.07) is 7.53. The molecule has 3 heterocycles. The number of esters is 1. The van der Waals surface area contributed by atoms with Gasteiger partial charge in [-0.05, 0) is 38.0 Å². The first-order chi connectivity index (χ1) is 13.5. The molecule has 0 unspecified atom stereocenters. The molecule has 2 saturated heterocycles. The molecule has 1 aromatic heterocycles. The number of hydrogen-bond donors (Lipinski definition) is 1. The third kappa shape index (κ3) is 3.67. The van der Waals surface area contributed by atoms with Gasteiger partial charge in [-0.15, -0.1) is 0 Å². The van der Waals surface area contributed by atoms with Crippen molar-refractivity contribution >= 4 is 22.8 Å². The summed E-state index contributed by atoms with van der Waals surface area (Å²) < 4.78 is 10.3. The molecule has 0 radical (unpaired) electrons. The van der Waals surface area contributed by atoms with Crippen LogP contribution in [0.4, 0.5) is 0 Å². The van der Waals surface area contributed by atoms with E-state index >= 15 is 0 Å². The number of aromatic nitrogens is 1. The van der Waals surface area contributed by atoms with Crippen LogP contribution in [0.1, 0.15) is 35.3 Å². The first-order valence-electron chi connectivity index (χ1n) is 9.72. The summed E-state index contributed by atoms with van der Waals surface area (Å²) in [5.41, 5.74) is 2.11. The fourth-order valence-electron chi connectivity index (χ4n) is 4.04. The van der Waals surface area contributed by atoms with E-state index in [-0.39, 0.29) is 24.0 Å². The Morgan fingerprint density at radius 2 is 2.04 bits per heavy atom. The van der Waals surface area contributed by atoms with Crippen molar-refractivity contribution in [1.29, 1.82) is 0 Å². The molecule has 2 aromatic rings. The molecular formula is C21H25N3O4. The maximum atomic E-state index is 12.8. The normalized spacial score (nSPS) is 20.9. The Bertz CT molecular complexity index is 906. The van der Waals surface area contributed by atoms with Crippen LogP contribution < -0.4 is 10.1 Å². The number of fused-ring (bicyclic) bond motifs is 1. The number of likely N-dealkylation sites (tertiary alicyclic amines) is 1. The second-order valence-corrected chi connectivity index (χ2v) is 7.44. The molecule has 1 amide bonds. The van der Waals surface area contributed by atoms with Crippen molar-refractivity contribution in [1.82, 2.24) is 15.2 Å². The lowest BCUT2D eigenvalue weighted by Crippen LogP contribution is -2.49. The van der Waals surface area contributed by atoms with Crippen molar-refractivity contribution in [2.24, 2.45) is 0 Å². The van der Waals surface area contributed by atoms with Gasteiger partial charge in [0.25, 0.3) is 5.91 Å². The first-order valence-corrected chi connectivity index (χ1v) is 9.72. The SMILES string of the molecule is COc1ccc2cc(C(=O)NC3CCN([C@@H]4CCOC4=O)CC3)c(C)nc2c1. The van der Waals surface area contributed by atoms with Gasteiger partial charge in [0, 0.05) is 37.0 Å². The van der Waals surface area contributed by atoms with Crippen LogP contribution in [0.2, 0.25) is 0 Å². The zero-order valence-electron chi connectivity index (χ0n) is 16.2. The van der Waals surface area contributed by atoms with Gasteiger partial charge in [0.1, 0.15) is 11.8 Å². The average molecular weight is 383 g/mol. The van der Waals surface area contributed by atoms with Crippen molar-refractivity contribution < 1.29 is 19.1 Å². The monoisotopic (exact) mass is 383 g/mol. The first kappa shape index (κ1) is 18.7. The highest BCUT2D eigenvalue weighted by atomic mass is 16.5. The van der Waals surface area contributed by atoms with Crippen molar-refractivity contribution in [3.05, 3.63) is 35.5 Å². The van der Waals surface area contributed by atoms with Crippen LogP contribution in [0.3, 0.4) is 0 Å². The fraction of sp³-hybridized carbons (Fsp3) is 0.476. The van der Waals surface area contributed by atoms with Crippen LogP contribution in [0.25, 0.3) is 10.9 Å². The van der Waals surface area contributed by atoms with E-state index in [1.807, 2.05) is 31.2 Å². The molecule has 0 spiro atoms. The van der Waals surface area contributed by atoms with Gasteiger partial charge < -0.3 is 14.8 Å². The molecule has 0 aliphatic carbocycles. The number of pyridine rings is 1. The number of amides is 1. The van der Waals surface area contributed by atoms with Gasteiger partial charge in [-0.3, -0.25) is 19.5 Å². The van der Waals surface area contributed by atoms with Crippen molar-refractivity contribution in [3.8, 4) is 5.75 Å². The lowest BCUT2D eigenvalue weighted by Gasteiger charge is -2.34. The molecule has 2 aliphatic heterocycles. The molecule has 7 nitrogen and oxygen atoms in total. The quantitative estimate of drug-likeness (QED) is 0.814. The third-order valence-corrected chi connectivity index (χ3v) is 5.67. The molecule has 4 rings (SSSR count).